The zero-order valence-electron chi connectivity index (χ0n) is 13.7. The Kier molecular flexibility index (Phi) is 4.24. The summed E-state index contributed by atoms with van der Waals surface area (Å²) in [5.74, 6) is 1.49. The molecule has 0 heterocycles. The summed E-state index contributed by atoms with van der Waals surface area (Å²) in [6.45, 7) is 0.509. The Morgan fingerprint density at radius 1 is 0.708 bits per heavy atom. The molecule has 0 aliphatic heterocycles. The number of benzene rings is 2. The fraction of sp³-hybridized carbons (Fsp3) is 0.381. The Morgan fingerprint density at radius 3 is 1.42 bits per heavy atom. The van der Waals surface area contributed by atoms with Gasteiger partial charge in [-0.2, -0.15) is 0 Å². The Morgan fingerprint density at radius 2 is 1.08 bits per heavy atom. The van der Waals surface area contributed by atoms with Gasteiger partial charge in [0.2, 0.25) is 0 Å². The van der Waals surface area contributed by atoms with Crippen LogP contribution in [0.15, 0.2) is 48.5 Å². The van der Waals surface area contributed by atoms with E-state index in [4.69, 9.17) is 9.47 Å². The van der Waals surface area contributed by atoms with Crippen molar-refractivity contribution in [1.29, 1.82) is 0 Å². The summed E-state index contributed by atoms with van der Waals surface area (Å²) in [6, 6.07) is 16.6. The molecule has 2 fully saturated rings. The molecular weight excluding hydrogens is 300 g/mol. The number of hydrogen-bond acceptors (Lipinski definition) is 3. The molecule has 3 nitrogen and oxygen atoms in total. The zero-order valence-corrected chi connectivity index (χ0v) is 13.7. The molecule has 2 aliphatic rings. The number of carbonyl (C=O) groups is 1. The van der Waals surface area contributed by atoms with Crippen LogP contribution in [0.5, 0.6) is 0 Å². The van der Waals surface area contributed by atoms with Gasteiger partial charge in [-0.15, -0.1) is 0 Å². The summed E-state index contributed by atoms with van der Waals surface area (Å²) < 4.78 is 10.4. The van der Waals surface area contributed by atoms with Gasteiger partial charge in [-0.25, -0.2) is 4.79 Å². The van der Waals surface area contributed by atoms with E-state index in [1.807, 2.05) is 24.3 Å². The highest BCUT2D eigenvalue weighted by molar-refractivity contribution is 5.60. The monoisotopic (exact) mass is 322 g/mol. The first-order valence-electron chi connectivity index (χ1n) is 8.75. The fourth-order valence-electron chi connectivity index (χ4n) is 2.93. The SMILES string of the molecule is O=C(OCc1ccc(C2CC2)cc1)OCc1ccc(C2CC2)cc1. The van der Waals surface area contributed by atoms with Crippen LogP contribution >= 0.6 is 0 Å². The van der Waals surface area contributed by atoms with E-state index < -0.39 is 6.16 Å². The standard InChI is InChI=1S/C21H22O3/c22-21(23-13-15-1-5-17(6-2-15)19-9-10-19)24-14-16-3-7-18(8-4-16)20-11-12-20/h1-8,19-20H,9-14H2. The van der Waals surface area contributed by atoms with Crippen molar-refractivity contribution in [2.24, 2.45) is 0 Å². The summed E-state index contributed by atoms with van der Waals surface area (Å²) in [6.07, 6.45) is 4.56. The molecule has 2 aromatic rings. The van der Waals surface area contributed by atoms with Crippen molar-refractivity contribution in [3.8, 4) is 0 Å². The van der Waals surface area contributed by atoms with Gasteiger partial charge < -0.3 is 9.47 Å². The average Bonchev–Trinajstić information content (AvgIpc) is 3.50. The van der Waals surface area contributed by atoms with Gasteiger partial charge in [0.25, 0.3) is 0 Å². The maximum atomic E-state index is 11.7. The van der Waals surface area contributed by atoms with Crippen LogP contribution in [0, 0.1) is 0 Å². The molecule has 0 aromatic heterocycles. The van der Waals surface area contributed by atoms with Gasteiger partial charge in [0, 0.05) is 0 Å². The summed E-state index contributed by atoms with van der Waals surface area (Å²) in [4.78, 5) is 11.7. The van der Waals surface area contributed by atoms with E-state index in [9.17, 15) is 4.79 Å². The molecule has 0 spiro atoms. The maximum Gasteiger partial charge on any atom is 0.508 e. The van der Waals surface area contributed by atoms with Gasteiger partial charge in [0.15, 0.2) is 0 Å². The zero-order chi connectivity index (χ0) is 16.4. The molecule has 4 rings (SSSR count). The van der Waals surface area contributed by atoms with E-state index in [0.717, 1.165) is 23.0 Å². The van der Waals surface area contributed by atoms with E-state index in [2.05, 4.69) is 24.3 Å². The van der Waals surface area contributed by atoms with Crippen LogP contribution in [-0.2, 0) is 22.7 Å². The molecule has 2 aliphatic carbocycles. The predicted molar refractivity (Wildman–Crippen MR) is 91.8 cm³/mol. The molecule has 0 unspecified atom stereocenters. The summed E-state index contributed by atoms with van der Waals surface area (Å²) >= 11 is 0. The van der Waals surface area contributed by atoms with E-state index in [0.29, 0.717) is 0 Å². The highest BCUT2D eigenvalue weighted by atomic mass is 16.7. The molecule has 2 aromatic carbocycles. The number of ether oxygens (including phenoxy) is 2. The molecule has 0 radical (unpaired) electrons. The lowest BCUT2D eigenvalue weighted by Gasteiger charge is -2.08. The quantitative estimate of drug-likeness (QED) is 0.677. The van der Waals surface area contributed by atoms with Crippen molar-refractivity contribution in [2.45, 2.75) is 50.7 Å². The second-order valence-corrected chi connectivity index (χ2v) is 6.86. The van der Waals surface area contributed by atoms with E-state index in [1.54, 1.807) is 0 Å². The summed E-state index contributed by atoms with van der Waals surface area (Å²) in [7, 11) is 0. The molecule has 3 heteroatoms. The van der Waals surface area contributed by atoms with E-state index in [-0.39, 0.29) is 13.2 Å². The average molecular weight is 322 g/mol. The third-order valence-corrected chi connectivity index (χ3v) is 4.77. The van der Waals surface area contributed by atoms with Crippen LogP contribution in [0.4, 0.5) is 4.79 Å². The minimum absolute atomic E-state index is 0.254. The van der Waals surface area contributed by atoms with Crippen molar-refractivity contribution in [3.05, 3.63) is 70.8 Å². The van der Waals surface area contributed by atoms with Crippen molar-refractivity contribution < 1.29 is 14.3 Å². The smallest absolute Gasteiger partial charge is 0.429 e. The van der Waals surface area contributed by atoms with Gasteiger partial charge in [0.1, 0.15) is 13.2 Å². The topological polar surface area (TPSA) is 35.5 Å². The van der Waals surface area contributed by atoms with Gasteiger partial charge >= 0.3 is 6.16 Å². The maximum absolute atomic E-state index is 11.7. The van der Waals surface area contributed by atoms with Gasteiger partial charge in [-0.3, -0.25) is 0 Å². The highest BCUT2D eigenvalue weighted by Crippen LogP contribution is 2.40. The first-order chi connectivity index (χ1) is 11.8. The first-order valence-corrected chi connectivity index (χ1v) is 8.75. The first kappa shape index (κ1) is 15.3. The fourth-order valence-corrected chi connectivity index (χ4v) is 2.93. The van der Waals surface area contributed by atoms with Crippen molar-refractivity contribution in [1.82, 2.24) is 0 Å². The molecule has 124 valence electrons. The van der Waals surface area contributed by atoms with Gasteiger partial charge in [-0.05, 0) is 59.8 Å². The van der Waals surface area contributed by atoms with Crippen LogP contribution in [0.1, 0.15) is 59.8 Å². The lowest BCUT2D eigenvalue weighted by Crippen LogP contribution is -2.07. The molecular formula is C21H22O3. The van der Waals surface area contributed by atoms with Crippen LogP contribution < -0.4 is 0 Å². The third kappa shape index (κ3) is 3.97. The van der Waals surface area contributed by atoms with Gasteiger partial charge in [-0.1, -0.05) is 48.5 Å². The van der Waals surface area contributed by atoms with Crippen LogP contribution in [0.2, 0.25) is 0 Å². The third-order valence-electron chi connectivity index (χ3n) is 4.77. The van der Waals surface area contributed by atoms with E-state index >= 15 is 0 Å². The second kappa shape index (κ2) is 6.68. The van der Waals surface area contributed by atoms with Crippen LogP contribution in [-0.4, -0.2) is 6.16 Å². The summed E-state index contributed by atoms with van der Waals surface area (Å²) in [5.41, 5.74) is 4.75. The van der Waals surface area contributed by atoms with Crippen LogP contribution in [0.25, 0.3) is 0 Å². The molecule has 2 saturated carbocycles. The molecule has 0 N–H and O–H groups in total. The van der Waals surface area contributed by atoms with Gasteiger partial charge in [0.05, 0.1) is 0 Å². The molecule has 0 saturated heterocycles. The summed E-state index contributed by atoms with van der Waals surface area (Å²) in [5, 5.41) is 0. The van der Waals surface area contributed by atoms with E-state index in [1.165, 1.54) is 36.8 Å². The second-order valence-electron chi connectivity index (χ2n) is 6.86. The molecule has 0 amide bonds. The molecule has 0 bridgehead atoms. The Hall–Kier alpha value is -2.29. The largest absolute Gasteiger partial charge is 0.508 e. The predicted octanol–water partition coefficient (Wildman–Crippen LogP) is 5.29. The Balaban J connectivity index is 1.21. The lowest BCUT2D eigenvalue weighted by molar-refractivity contribution is 0.0446. The number of hydrogen-bond donors (Lipinski definition) is 0. The minimum atomic E-state index is -0.618. The Bertz CT molecular complexity index is 633. The molecule has 24 heavy (non-hydrogen) atoms. The Labute approximate surface area is 142 Å². The number of carbonyl (C=O) groups excluding carboxylic acids is 1. The normalized spacial score (nSPS) is 16.7. The van der Waals surface area contributed by atoms with Crippen molar-refractivity contribution in [3.63, 3.8) is 0 Å². The lowest BCUT2D eigenvalue weighted by atomic mass is 10.1. The highest BCUT2D eigenvalue weighted by Gasteiger charge is 2.23. The van der Waals surface area contributed by atoms with Crippen molar-refractivity contribution >= 4 is 6.16 Å². The number of rotatable bonds is 6. The van der Waals surface area contributed by atoms with Crippen molar-refractivity contribution in [2.75, 3.05) is 0 Å². The molecule has 0 atom stereocenters. The minimum Gasteiger partial charge on any atom is -0.429 e. The van der Waals surface area contributed by atoms with Crippen LogP contribution in [0.3, 0.4) is 0 Å².